The van der Waals surface area contributed by atoms with Crippen molar-refractivity contribution in [3.05, 3.63) is 82.2 Å². The summed E-state index contributed by atoms with van der Waals surface area (Å²) in [6, 6.07) is 17.3. The van der Waals surface area contributed by atoms with Crippen LogP contribution in [0.5, 0.6) is 0 Å². The van der Waals surface area contributed by atoms with Crippen LogP contribution in [0.4, 0.5) is 15.9 Å². The minimum Gasteiger partial charge on any atom is -0.368 e. The quantitative estimate of drug-likeness (QED) is 0.372. The summed E-state index contributed by atoms with van der Waals surface area (Å²) in [5, 5.41) is 1.29. The van der Waals surface area contributed by atoms with Gasteiger partial charge in [0.15, 0.2) is 0 Å². The van der Waals surface area contributed by atoms with Gasteiger partial charge in [-0.2, -0.15) is 0 Å². The van der Waals surface area contributed by atoms with Crippen LogP contribution in [-0.2, 0) is 19.3 Å². The fourth-order valence-electron chi connectivity index (χ4n) is 5.28. The number of aromatic nitrogens is 2. The molecule has 6 rings (SSSR count). The molecule has 1 fully saturated rings. The molecular weight excluding hydrogens is 443 g/mol. The standard InChI is InChI=1S/C28H29FN4S/c1-19-7-12-23-24(17-19)34-28-26(23)27(30-25(31-28)18-20-5-3-2-4-6-20)33-15-13-32(14-16-33)22-10-8-21(29)9-11-22/h2-6,8-11,19H,7,12-18H2,1H3. The summed E-state index contributed by atoms with van der Waals surface area (Å²) in [4.78, 5) is 17.7. The molecule has 34 heavy (non-hydrogen) atoms. The maximum absolute atomic E-state index is 13.4. The van der Waals surface area contributed by atoms with Gasteiger partial charge in [-0.25, -0.2) is 14.4 Å². The van der Waals surface area contributed by atoms with E-state index in [1.54, 1.807) is 12.1 Å². The molecule has 174 valence electrons. The number of piperazine rings is 1. The van der Waals surface area contributed by atoms with E-state index >= 15 is 0 Å². The van der Waals surface area contributed by atoms with Crippen LogP contribution in [0.25, 0.3) is 10.2 Å². The summed E-state index contributed by atoms with van der Waals surface area (Å²) in [6.07, 6.45) is 4.27. The molecule has 1 unspecified atom stereocenters. The Hall–Kier alpha value is -2.99. The van der Waals surface area contributed by atoms with Crippen LogP contribution in [0.15, 0.2) is 54.6 Å². The van der Waals surface area contributed by atoms with Crippen LogP contribution < -0.4 is 9.80 Å². The summed E-state index contributed by atoms with van der Waals surface area (Å²) in [6.45, 7) is 5.95. The Kier molecular flexibility index (Phi) is 5.69. The Morgan fingerprint density at radius 3 is 2.44 bits per heavy atom. The van der Waals surface area contributed by atoms with Crippen molar-refractivity contribution in [2.24, 2.45) is 5.92 Å². The fraction of sp³-hybridized carbons (Fsp3) is 0.357. The van der Waals surface area contributed by atoms with Crippen LogP contribution in [0.2, 0.25) is 0 Å². The SMILES string of the molecule is CC1CCc2c(sc3nc(Cc4ccccc4)nc(N4CCN(c5ccc(F)cc5)CC4)c23)C1. The Labute approximate surface area is 204 Å². The zero-order chi connectivity index (χ0) is 23.1. The van der Waals surface area contributed by atoms with E-state index in [0.29, 0.717) is 0 Å². The number of nitrogens with zero attached hydrogens (tertiary/aromatic N) is 4. The summed E-state index contributed by atoms with van der Waals surface area (Å²) in [5.74, 6) is 2.57. The van der Waals surface area contributed by atoms with Crippen LogP contribution in [-0.4, -0.2) is 36.1 Å². The zero-order valence-electron chi connectivity index (χ0n) is 19.5. The normalized spacial score (nSPS) is 18.4. The molecule has 0 N–H and O–H groups in total. The maximum atomic E-state index is 13.4. The van der Waals surface area contributed by atoms with E-state index in [9.17, 15) is 4.39 Å². The van der Waals surface area contributed by atoms with E-state index in [2.05, 4.69) is 41.0 Å². The second-order valence-corrected chi connectivity index (χ2v) is 10.7. The number of fused-ring (bicyclic) bond motifs is 3. The molecule has 6 heteroatoms. The van der Waals surface area contributed by atoms with Crippen molar-refractivity contribution in [3.8, 4) is 0 Å². The number of rotatable bonds is 4. The third-order valence-corrected chi connectivity index (χ3v) is 8.31. The summed E-state index contributed by atoms with van der Waals surface area (Å²) in [7, 11) is 0. The van der Waals surface area contributed by atoms with Gasteiger partial charge in [0, 0.05) is 43.2 Å². The molecule has 0 spiro atoms. The van der Waals surface area contributed by atoms with E-state index in [0.717, 1.165) is 73.5 Å². The average Bonchev–Trinajstić information content (AvgIpc) is 3.22. The lowest BCUT2D eigenvalue weighted by Gasteiger charge is -2.37. The van der Waals surface area contributed by atoms with Crippen molar-refractivity contribution >= 4 is 33.1 Å². The van der Waals surface area contributed by atoms with E-state index < -0.39 is 0 Å². The molecule has 0 radical (unpaired) electrons. The summed E-state index contributed by atoms with van der Waals surface area (Å²) >= 11 is 1.88. The lowest BCUT2D eigenvalue weighted by atomic mass is 9.89. The third-order valence-electron chi connectivity index (χ3n) is 7.16. The van der Waals surface area contributed by atoms with Crippen molar-refractivity contribution in [2.45, 2.75) is 32.6 Å². The first-order chi connectivity index (χ1) is 16.6. The maximum Gasteiger partial charge on any atom is 0.141 e. The second kappa shape index (κ2) is 8.99. The molecule has 4 aromatic rings. The lowest BCUT2D eigenvalue weighted by Crippen LogP contribution is -2.47. The molecule has 1 aliphatic carbocycles. The van der Waals surface area contributed by atoms with Gasteiger partial charge in [-0.1, -0.05) is 37.3 Å². The van der Waals surface area contributed by atoms with E-state index in [-0.39, 0.29) is 5.82 Å². The van der Waals surface area contributed by atoms with Gasteiger partial charge >= 0.3 is 0 Å². The Balaban J connectivity index is 1.34. The highest BCUT2D eigenvalue weighted by atomic mass is 32.1. The van der Waals surface area contributed by atoms with Gasteiger partial charge < -0.3 is 9.80 Å². The largest absolute Gasteiger partial charge is 0.368 e. The lowest BCUT2D eigenvalue weighted by molar-refractivity contribution is 0.509. The predicted molar refractivity (Wildman–Crippen MR) is 139 cm³/mol. The minimum atomic E-state index is -0.187. The van der Waals surface area contributed by atoms with Crippen LogP contribution in [0.3, 0.4) is 0 Å². The number of thiophene rings is 1. The van der Waals surface area contributed by atoms with Gasteiger partial charge in [-0.3, -0.25) is 0 Å². The minimum absolute atomic E-state index is 0.187. The van der Waals surface area contributed by atoms with Crippen molar-refractivity contribution in [2.75, 3.05) is 36.0 Å². The molecule has 0 bridgehead atoms. The molecule has 1 aliphatic heterocycles. The number of benzene rings is 2. The van der Waals surface area contributed by atoms with Crippen LogP contribution >= 0.6 is 11.3 Å². The molecule has 3 heterocycles. The number of halogens is 1. The molecule has 2 aromatic carbocycles. The topological polar surface area (TPSA) is 32.3 Å². The number of hydrogen-bond acceptors (Lipinski definition) is 5. The highest BCUT2D eigenvalue weighted by molar-refractivity contribution is 7.19. The second-order valence-electron chi connectivity index (χ2n) is 9.61. The van der Waals surface area contributed by atoms with Gasteiger partial charge in [-0.15, -0.1) is 11.3 Å². The number of hydrogen-bond donors (Lipinski definition) is 0. The van der Waals surface area contributed by atoms with E-state index in [1.165, 1.54) is 27.8 Å². The Bertz CT molecular complexity index is 1290. The molecule has 2 aromatic heterocycles. The van der Waals surface area contributed by atoms with Gasteiger partial charge in [0.1, 0.15) is 22.3 Å². The fourth-order valence-corrected chi connectivity index (χ4v) is 6.68. The smallest absolute Gasteiger partial charge is 0.141 e. The van der Waals surface area contributed by atoms with Crippen LogP contribution in [0, 0.1) is 11.7 Å². The Morgan fingerprint density at radius 2 is 1.68 bits per heavy atom. The monoisotopic (exact) mass is 472 g/mol. The first-order valence-corrected chi connectivity index (χ1v) is 13.1. The highest BCUT2D eigenvalue weighted by Crippen LogP contribution is 2.41. The summed E-state index contributed by atoms with van der Waals surface area (Å²) < 4.78 is 13.4. The third kappa shape index (κ3) is 4.16. The molecule has 1 atom stereocenters. The van der Waals surface area contributed by atoms with Gasteiger partial charge in [0.25, 0.3) is 0 Å². The molecule has 4 nitrogen and oxygen atoms in total. The average molecular weight is 473 g/mol. The number of aryl methyl sites for hydroxylation is 1. The highest BCUT2D eigenvalue weighted by Gasteiger charge is 2.27. The van der Waals surface area contributed by atoms with Crippen molar-refractivity contribution in [3.63, 3.8) is 0 Å². The van der Waals surface area contributed by atoms with Gasteiger partial charge in [0.2, 0.25) is 0 Å². The molecule has 0 saturated carbocycles. The first-order valence-electron chi connectivity index (χ1n) is 12.2. The van der Waals surface area contributed by atoms with Crippen molar-refractivity contribution in [1.82, 2.24) is 9.97 Å². The molecule has 0 amide bonds. The molecule has 1 saturated heterocycles. The molecular formula is C28H29FN4S. The molecule has 2 aliphatic rings. The van der Waals surface area contributed by atoms with Crippen LogP contribution in [0.1, 0.15) is 35.2 Å². The first kappa shape index (κ1) is 21.5. The Morgan fingerprint density at radius 1 is 0.941 bits per heavy atom. The zero-order valence-corrected chi connectivity index (χ0v) is 20.3. The van der Waals surface area contributed by atoms with Gasteiger partial charge in [0.05, 0.1) is 5.39 Å². The summed E-state index contributed by atoms with van der Waals surface area (Å²) in [5.41, 5.74) is 3.81. The van der Waals surface area contributed by atoms with Gasteiger partial charge in [-0.05, 0) is 60.6 Å². The van der Waals surface area contributed by atoms with E-state index in [4.69, 9.17) is 9.97 Å². The van der Waals surface area contributed by atoms with Crippen molar-refractivity contribution < 1.29 is 4.39 Å². The van der Waals surface area contributed by atoms with E-state index in [1.807, 2.05) is 29.5 Å². The number of anilines is 2. The predicted octanol–water partition coefficient (Wildman–Crippen LogP) is 5.87. The van der Waals surface area contributed by atoms with Crippen molar-refractivity contribution in [1.29, 1.82) is 0 Å².